The van der Waals surface area contributed by atoms with Crippen molar-refractivity contribution in [3.63, 3.8) is 0 Å². The van der Waals surface area contributed by atoms with E-state index in [1.54, 1.807) is 28.1 Å². The van der Waals surface area contributed by atoms with Crippen LogP contribution in [0.3, 0.4) is 0 Å². The van der Waals surface area contributed by atoms with Crippen molar-refractivity contribution in [3.05, 3.63) is 114 Å². The number of phosphoric ester groups is 1. The zero-order chi connectivity index (χ0) is 37.9. The molecular weight excluding hydrogens is 722 g/mol. The number of Topliss-reactive ketones (excluding diaryl/α,β-unsaturated/α-hetero) is 1. The normalized spacial score (nSPS) is 18.5. The molecule has 2 fully saturated rings. The number of piperazine rings is 1. The number of hydrazine groups is 1. The maximum absolute atomic E-state index is 14.6. The first kappa shape index (κ1) is 40.9. The third kappa shape index (κ3) is 8.98. The van der Waals surface area contributed by atoms with Crippen molar-refractivity contribution >= 4 is 42.4 Å². The number of urea groups is 1. The second kappa shape index (κ2) is 17.5. The minimum Gasteiger partial charge on any atom is -0.746 e. The van der Waals surface area contributed by atoms with Crippen LogP contribution in [0.2, 0.25) is 0 Å². The summed E-state index contributed by atoms with van der Waals surface area (Å²) in [5.41, 5.74) is 3.70. The van der Waals surface area contributed by atoms with Crippen LogP contribution in [0.5, 0.6) is 5.75 Å². The molecule has 0 bridgehead atoms. The second-order valence-electron chi connectivity index (χ2n) is 13.2. The molecule has 54 heavy (non-hydrogen) atoms. The average molecular weight is 765 g/mol. The minimum atomic E-state index is -5.04. The van der Waals surface area contributed by atoms with E-state index in [0.29, 0.717) is 17.7 Å². The summed E-state index contributed by atoms with van der Waals surface area (Å²) >= 11 is 0. The SMILES string of the molecule is C=CCN1CC(=O)N2[C@@H](Cc3ccc(OP(=O)([O-])O)cc3)C(=O)N(Cc3cccc4c(C(C)=O)cn(CCC)c34)C[C@@H]2N1C(=O)NCc1ccccc1.[Na+]. The van der Waals surface area contributed by atoms with Gasteiger partial charge in [-0.2, -0.15) is 0 Å². The minimum absolute atomic E-state index is 0. The van der Waals surface area contributed by atoms with E-state index in [9.17, 15) is 28.6 Å². The molecule has 3 atom stereocenters. The van der Waals surface area contributed by atoms with Gasteiger partial charge in [0.15, 0.2) is 5.78 Å². The molecule has 278 valence electrons. The van der Waals surface area contributed by atoms with Crippen molar-refractivity contribution in [3.8, 4) is 5.75 Å². The summed E-state index contributed by atoms with van der Waals surface area (Å²) in [4.78, 5) is 78.9. The summed E-state index contributed by atoms with van der Waals surface area (Å²) in [6.45, 7) is 8.47. The Morgan fingerprint density at radius 1 is 1.06 bits per heavy atom. The Labute approximate surface area is 335 Å². The van der Waals surface area contributed by atoms with Crippen molar-refractivity contribution in [1.29, 1.82) is 0 Å². The van der Waals surface area contributed by atoms with Crippen LogP contribution in [0.1, 0.15) is 47.3 Å². The predicted molar refractivity (Wildman–Crippen MR) is 195 cm³/mol. The van der Waals surface area contributed by atoms with Gasteiger partial charge in [0.25, 0.3) is 0 Å². The molecule has 2 N–H and O–H groups in total. The Bertz CT molecular complexity index is 2070. The summed E-state index contributed by atoms with van der Waals surface area (Å²) in [7, 11) is -5.04. The fraction of sp³-hybridized carbons (Fsp3) is 0.316. The van der Waals surface area contributed by atoms with Crippen LogP contribution in [0, 0.1) is 0 Å². The van der Waals surface area contributed by atoms with Crippen LogP contribution in [-0.4, -0.2) is 84.7 Å². The molecule has 4 amide bonds. The molecule has 1 unspecified atom stereocenters. The van der Waals surface area contributed by atoms with Gasteiger partial charge in [-0.15, -0.1) is 6.58 Å². The van der Waals surface area contributed by atoms with Crippen molar-refractivity contribution < 1.29 is 67.6 Å². The number of carbonyl (C=O) groups is 4. The first-order valence-corrected chi connectivity index (χ1v) is 18.9. The van der Waals surface area contributed by atoms with E-state index in [1.165, 1.54) is 29.0 Å². The van der Waals surface area contributed by atoms with Gasteiger partial charge in [-0.3, -0.25) is 18.9 Å². The van der Waals surface area contributed by atoms with Crippen LogP contribution in [0.25, 0.3) is 10.9 Å². The molecule has 0 aliphatic carbocycles. The number of rotatable bonds is 13. The Morgan fingerprint density at radius 2 is 1.78 bits per heavy atom. The molecule has 2 aliphatic heterocycles. The van der Waals surface area contributed by atoms with Gasteiger partial charge in [0.2, 0.25) is 11.8 Å². The zero-order valence-corrected chi connectivity index (χ0v) is 33.5. The number of aryl methyl sites for hydroxylation is 1. The van der Waals surface area contributed by atoms with Crippen LogP contribution in [-0.2, 0) is 40.2 Å². The molecule has 16 heteroatoms. The third-order valence-corrected chi connectivity index (χ3v) is 9.87. The maximum Gasteiger partial charge on any atom is 1.00 e. The molecule has 3 aromatic carbocycles. The molecule has 0 saturated carbocycles. The topological polar surface area (TPSA) is 168 Å². The van der Waals surface area contributed by atoms with Crippen molar-refractivity contribution in [1.82, 2.24) is 29.7 Å². The van der Waals surface area contributed by atoms with E-state index >= 15 is 0 Å². The Balaban J connectivity index is 0.00000561. The van der Waals surface area contributed by atoms with Gasteiger partial charge in [-0.25, -0.2) is 14.8 Å². The second-order valence-corrected chi connectivity index (χ2v) is 14.3. The van der Waals surface area contributed by atoms with E-state index in [-0.39, 0.29) is 92.0 Å². The molecular formula is C38H42N6NaO8P. The van der Waals surface area contributed by atoms with Crippen LogP contribution in [0.4, 0.5) is 4.79 Å². The molecule has 14 nitrogen and oxygen atoms in total. The summed E-state index contributed by atoms with van der Waals surface area (Å²) in [5, 5.41) is 6.88. The Morgan fingerprint density at radius 3 is 2.43 bits per heavy atom. The van der Waals surface area contributed by atoms with E-state index in [2.05, 4.69) is 16.4 Å². The number of amides is 4. The number of fused-ring (bicyclic) bond motifs is 2. The first-order valence-electron chi connectivity index (χ1n) is 17.4. The van der Waals surface area contributed by atoms with Crippen LogP contribution >= 0.6 is 7.82 Å². The van der Waals surface area contributed by atoms with Crippen molar-refractivity contribution in [2.75, 3.05) is 19.6 Å². The monoisotopic (exact) mass is 764 g/mol. The van der Waals surface area contributed by atoms with Crippen molar-refractivity contribution in [2.45, 2.75) is 58.5 Å². The largest absolute Gasteiger partial charge is 1.00 e. The van der Waals surface area contributed by atoms with Gasteiger partial charge in [0.05, 0.1) is 18.6 Å². The quantitative estimate of drug-likeness (QED) is 0.0868. The van der Waals surface area contributed by atoms with Gasteiger partial charge >= 0.3 is 43.4 Å². The van der Waals surface area contributed by atoms with E-state index < -0.39 is 26.1 Å². The summed E-state index contributed by atoms with van der Waals surface area (Å²) in [6, 6.07) is 19.4. The molecule has 0 spiro atoms. The van der Waals surface area contributed by atoms with Gasteiger partial charge in [-0.05, 0) is 42.2 Å². The Kier molecular flexibility index (Phi) is 13.2. The number of benzene rings is 3. The number of nitrogens with one attached hydrogen (secondary N) is 1. The fourth-order valence-electron chi connectivity index (χ4n) is 7.21. The third-order valence-electron chi connectivity index (χ3n) is 9.42. The molecule has 2 saturated heterocycles. The molecule has 1 aromatic heterocycles. The summed E-state index contributed by atoms with van der Waals surface area (Å²) in [5.74, 6) is -0.874. The number of aromatic nitrogens is 1. The van der Waals surface area contributed by atoms with E-state index in [1.807, 2.05) is 66.2 Å². The smallest absolute Gasteiger partial charge is 0.746 e. The van der Waals surface area contributed by atoms with Gasteiger partial charge in [0.1, 0.15) is 18.0 Å². The molecule has 2 aliphatic rings. The standard InChI is InChI=1S/C38H43N6O8P.Na/c1-4-18-40-23-32(26(3)45)31-13-9-12-29(36(31)40)22-41-24-34-43(33(37(41)47)20-27-14-16-30(17-15-27)52-53(49,50)51)35(46)25-42(19-5-2)44(34)38(48)39-21-28-10-7-6-8-11-28;/h5-17,23,33-34H,2,4,18-22,24-25H2,1,3H3,(H,39,48)(H2,49,50,51);/q;+1/p-1/t33-,34-;/m0./s1. The maximum atomic E-state index is 14.6. The van der Waals surface area contributed by atoms with Gasteiger partial charge < -0.3 is 34.0 Å². The average Bonchev–Trinajstić information content (AvgIpc) is 3.49. The predicted octanol–water partition coefficient (Wildman–Crippen LogP) is 0.834. The number of ketones is 1. The van der Waals surface area contributed by atoms with Crippen LogP contribution < -0.4 is 44.3 Å². The van der Waals surface area contributed by atoms with Crippen molar-refractivity contribution in [2.24, 2.45) is 0 Å². The van der Waals surface area contributed by atoms with E-state index in [0.717, 1.165) is 28.5 Å². The fourth-order valence-corrected chi connectivity index (χ4v) is 7.60. The van der Waals surface area contributed by atoms with Gasteiger partial charge in [-0.1, -0.05) is 73.7 Å². The molecule has 6 rings (SSSR count). The number of carbonyl (C=O) groups excluding carboxylic acids is 4. The number of para-hydroxylation sites is 1. The number of hydrogen-bond acceptors (Lipinski definition) is 8. The number of hydrogen-bond donors (Lipinski definition) is 2. The molecule has 4 aromatic rings. The number of phosphoric acid groups is 1. The number of nitrogens with zero attached hydrogens (tertiary/aromatic N) is 5. The van der Waals surface area contributed by atoms with Crippen LogP contribution in [0.15, 0.2) is 91.6 Å². The summed E-state index contributed by atoms with van der Waals surface area (Å²) < 4.78 is 17.9. The van der Waals surface area contributed by atoms with Gasteiger partial charge in [0, 0.05) is 49.7 Å². The zero-order valence-electron chi connectivity index (χ0n) is 30.6. The Hall–Kier alpha value is -4.27. The molecule has 0 radical (unpaired) electrons. The summed E-state index contributed by atoms with van der Waals surface area (Å²) in [6.07, 6.45) is 3.42. The molecule has 3 heterocycles. The van der Waals surface area contributed by atoms with E-state index in [4.69, 9.17) is 4.89 Å². The first-order chi connectivity index (χ1) is 25.4.